The normalized spacial score (nSPS) is 13.2. The molecule has 2 aromatic rings. The summed E-state index contributed by atoms with van der Waals surface area (Å²) in [6.07, 6.45) is -0.678. The zero-order chi connectivity index (χ0) is 27.0. The summed E-state index contributed by atoms with van der Waals surface area (Å²) in [7, 11) is -3.70. The first-order valence-corrected chi connectivity index (χ1v) is 12.3. The first kappa shape index (κ1) is 30.0. The Kier molecular flexibility index (Phi) is 10.8. The third-order valence-corrected chi connectivity index (χ3v) is 5.95. The van der Waals surface area contributed by atoms with Gasteiger partial charge in [0.15, 0.2) is 0 Å². The molecular formula is C24H34N2O8S. The summed E-state index contributed by atoms with van der Waals surface area (Å²) in [6, 6.07) is 12.4. The third kappa shape index (κ3) is 10.4. The maximum absolute atomic E-state index is 11.3. The molecule has 2 atom stereocenters. The van der Waals surface area contributed by atoms with Gasteiger partial charge in [-0.25, -0.2) is 23.1 Å². The number of aliphatic hydroxyl groups excluding tert-OH is 1. The van der Waals surface area contributed by atoms with E-state index in [1.165, 1.54) is 17.7 Å². The first-order chi connectivity index (χ1) is 16.0. The van der Waals surface area contributed by atoms with Crippen molar-refractivity contribution in [2.45, 2.75) is 57.1 Å². The molecule has 0 saturated heterocycles. The number of primary sulfonamides is 1. The number of aliphatic carboxylic acids is 2. The van der Waals surface area contributed by atoms with Gasteiger partial charge < -0.3 is 25.4 Å². The molecule has 0 bridgehead atoms. The molecular weight excluding hydrogens is 476 g/mol. The standard InChI is InChI=1S/C22H32N2O4S.C2H2O4/c1-15-12-18(22(3,4)5)8-11-21(15)28-14-19(25)13-24-16(2)17-6-9-20(10-7-17)29(23,26)27;3-1(4)2(5)6/h6-12,16,19,24-25H,13-14H2,1-5H3,(H2,23,26,27);(H,3,4)(H,5,6). The van der Waals surface area contributed by atoms with Gasteiger partial charge in [-0.3, -0.25) is 0 Å². The Morgan fingerprint density at radius 3 is 2.03 bits per heavy atom. The summed E-state index contributed by atoms with van der Waals surface area (Å²) in [4.78, 5) is 18.3. The third-order valence-electron chi connectivity index (χ3n) is 5.02. The van der Waals surface area contributed by atoms with Crippen molar-refractivity contribution in [3.63, 3.8) is 0 Å². The molecule has 2 unspecified atom stereocenters. The van der Waals surface area contributed by atoms with Gasteiger partial charge in [-0.1, -0.05) is 45.0 Å². The number of carboxylic acid groups (broad SMARTS) is 2. The number of ether oxygens (including phenoxy) is 1. The molecule has 0 aliphatic carbocycles. The van der Waals surface area contributed by atoms with E-state index in [0.717, 1.165) is 16.9 Å². The van der Waals surface area contributed by atoms with E-state index < -0.39 is 28.1 Å². The van der Waals surface area contributed by atoms with Crippen LogP contribution in [-0.2, 0) is 25.0 Å². The second-order valence-corrected chi connectivity index (χ2v) is 10.6. The molecule has 0 aromatic heterocycles. The van der Waals surface area contributed by atoms with Gasteiger partial charge in [0.2, 0.25) is 10.0 Å². The van der Waals surface area contributed by atoms with E-state index in [4.69, 9.17) is 29.7 Å². The van der Waals surface area contributed by atoms with E-state index in [1.54, 1.807) is 12.1 Å². The van der Waals surface area contributed by atoms with Crippen molar-refractivity contribution in [2.24, 2.45) is 5.14 Å². The number of benzene rings is 2. The van der Waals surface area contributed by atoms with Gasteiger partial charge in [-0.15, -0.1) is 0 Å². The van der Waals surface area contributed by atoms with Gasteiger partial charge >= 0.3 is 11.9 Å². The van der Waals surface area contributed by atoms with Crippen LogP contribution in [0.2, 0.25) is 0 Å². The zero-order valence-electron chi connectivity index (χ0n) is 20.5. The van der Waals surface area contributed by atoms with Crippen LogP contribution in [0.3, 0.4) is 0 Å². The maximum atomic E-state index is 11.3. The summed E-state index contributed by atoms with van der Waals surface area (Å²) in [5.41, 5.74) is 3.27. The minimum absolute atomic E-state index is 0.0630. The molecule has 2 rings (SSSR count). The summed E-state index contributed by atoms with van der Waals surface area (Å²) in [6.45, 7) is 11.0. The Labute approximate surface area is 205 Å². The number of aryl methyl sites for hydroxylation is 1. The highest BCUT2D eigenvalue weighted by Gasteiger charge is 2.16. The number of rotatable bonds is 8. The second kappa shape index (κ2) is 12.6. The Morgan fingerprint density at radius 2 is 1.60 bits per heavy atom. The van der Waals surface area contributed by atoms with Crippen molar-refractivity contribution in [3.8, 4) is 5.75 Å². The lowest BCUT2D eigenvalue weighted by molar-refractivity contribution is -0.159. The van der Waals surface area contributed by atoms with Crippen molar-refractivity contribution in [3.05, 3.63) is 59.2 Å². The molecule has 0 amide bonds. The highest BCUT2D eigenvalue weighted by Crippen LogP contribution is 2.27. The van der Waals surface area contributed by atoms with Crippen molar-refractivity contribution in [2.75, 3.05) is 13.2 Å². The van der Waals surface area contributed by atoms with Gasteiger partial charge in [-0.2, -0.15) is 0 Å². The van der Waals surface area contributed by atoms with Gasteiger partial charge in [-0.05, 0) is 54.2 Å². The van der Waals surface area contributed by atoms with Crippen LogP contribution in [0.5, 0.6) is 5.75 Å². The molecule has 10 nitrogen and oxygen atoms in total. The number of nitrogens with one attached hydrogen (secondary N) is 1. The van der Waals surface area contributed by atoms with Crippen molar-refractivity contribution >= 4 is 22.0 Å². The second-order valence-electron chi connectivity index (χ2n) is 9.05. The van der Waals surface area contributed by atoms with Gasteiger partial charge in [0.1, 0.15) is 18.5 Å². The monoisotopic (exact) mass is 510 g/mol. The fourth-order valence-electron chi connectivity index (χ4n) is 2.90. The average molecular weight is 511 g/mol. The highest BCUT2D eigenvalue weighted by molar-refractivity contribution is 7.89. The molecule has 0 saturated carbocycles. The van der Waals surface area contributed by atoms with Crippen molar-refractivity contribution in [1.82, 2.24) is 5.32 Å². The molecule has 2 aromatic carbocycles. The zero-order valence-corrected chi connectivity index (χ0v) is 21.3. The minimum Gasteiger partial charge on any atom is -0.491 e. The first-order valence-electron chi connectivity index (χ1n) is 10.8. The van der Waals surface area contributed by atoms with Crippen LogP contribution in [0.1, 0.15) is 50.4 Å². The summed E-state index contributed by atoms with van der Waals surface area (Å²) >= 11 is 0. The van der Waals surface area contributed by atoms with E-state index >= 15 is 0 Å². The van der Waals surface area contributed by atoms with E-state index in [0.29, 0.717) is 6.54 Å². The van der Waals surface area contributed by atoms with E-state index in [1.807, 2.05) is 19.9 Å². The highest BCUT2D eigenvalue weighted by atomic mass is 32.2. The molecule has 0 spiro atoms. The molecule has 6 N–H and O–H groups in total. The molecule has 11 heteroatoms. The number of hydrogen-bond donors (Lipinski definition) is 5. The SMILES string of the molecule is Cc1cc(C(C)(C)C)ccc1OCC(O)CNC(C)c1ccc(S(N)(=O)=O)cc1.O=C(O)C(=O)O. The fourth-order valence-corrected chi connectivity index (χ4v) is 3.42. The number of carbonyl (C=O) groups is 2. The summed E-state index contributed by atoms with van der Waals surface area (Å²) in [5.74, 6) is -2.88. The van der Waals surface area contributed by atoms with Crippen LogP contribution in [-0.4, -0.2) is 54.9 Å². The van der Waals surface area contributed by atoms with Crippen LogP contribution < -0.4 is 15.2 Å². The van der Waals surface area contributed by atoms with E-state index in [-0.39, 0.29) is 23.0 Å². The van der Waals surface area contributed by atoms with Crippen LogP contribution in [0.25, 0.3) is 0 Å². The van der Waals surface area contributed by atoms with Crippen molar-refractivity contribution in [1.29, 1.82) is 0 Å². The Balaban J connectivity index is 0.000000905. The molecule has 35 heavy (non-hydrogen) atoms. The van der Waals surface area contributed by atoms with Crippen LogP contribution in [0, 0.1) is 6.92 Å². The van der Waals surface area contributed by atoms with Gasteiger partial charge in [0.05, 0.1) is 4.90 Å². The van der Waals surface area contributed by atoms with E-state index in [9.17, 15) is 13.5 Å². The quantitative estimate of drug-likeness (QED) is 0.333. The maximum Gasteiger partial charge on any atom is 0.414 e. The van der Waals surface area contributed by atoms with E-state index in [2.05, 4.69) is 38.2 Å². The van der Waals surface area contributed by atoms with Crippen LogP contribution in [0.4, 0.5) is 0 Å². The van der Waals surface area contributed by atoms with Gasteiger partial charge in [0.25, 0.3) is 0 Å². The Bertz CT molecular complexity index is 1100. The predicted molar refractivity (Wildman–Crippen MR) is 131 cm³/mol. The predicted octanol–water partition coefficient (Wildman–Crippen LogP) is 2.19. The Hall–Kier alpha value is -2.99. The molecule has 194 valence electrons. The topological polar surface area (TPSA) is 176 Å². The number of sulfonamides is 1. The lowest BCUT2D eigenvalue weighted by Crippen LogP contribution is -2.33. The number of nitrogens with two attached hydrogens (primary N) is 1. The number of hydrogen-bond acceptors (Lipinski definition) is 7. The Morgan fingerprint density at radius 1 is 1.06 bits per heavy atom. The van der Waals surface area contributed by atoms with Gasteiger partial charge in [0, 0.05) is 12.6 Å². The molecule has 0 heterocycles. The number of carboxylic acids is 2. The van der Waals surface area contributed by atoms with Crippen LogP contribution in [0.15, 0.2) is 47.4 Å². The summed E-state index contributed by atoms with van der Waals surface area (Å²) < 4.78 is 28.4. The lowest BCUT2D eigenvalue weighted by atomic mass is 9.86. The molecule has 0 radical (unpaired) electrons. The largest absolute Gasteiger partial charge is 0.491 e. The fraction of sp³-hybridized carbons (Fsp3) is 0.417. The molecule has 0 fully saturated rings. The average Bonchev–Trinajstić information content (AvgIpc) is 2.75. The molecule has 0 aliphatic rings. The van der Waals surface area contributed by atoms with Crippen molar-refractivity contribution < 1.29 is 38.1 Å². The minimum atomic E-state index is -3.70. The smallest absolute Gasteiger partial charge is 0.414 e. The summed E-state index contributed by atoms with van der Waals surface area (Å²) in [5, 5.41) is 33.4. The number of aliphatic hydroxyl groups is 1. The lowest BCUT2D eigenvalue weighted by Gasteiger charge is -2.21. The van der Waals surface area contributed by atoms with Crippen LogP contribution >= 0.6 is 0 Å². The molecule has 0 aliphatic heterocycles.